The molecule has 1 aromatic heterocycles. The summed E-state index contributed by atoms with van der Waals surface area (Å²) < 4.78 is 5.11. The van der Waals surface area contributed by atoms with Crippen LogP contribution in [0.1, 0.15) is 27.7 Å². The van der Waals surface area contributed by atoms with Gasteiger partial charge in [0.2, 0.25) is 0 Å². The average molecular weight is 245 g/mol. The van der Waals surface area contributed by atoms with Crippen molar-refractivity contribution in [1.82, 2.24) is 5.32 Å². The van der Waals surface area contributed by atoms with Crippen LogP contribution in [0, 0.1) is 6.92 Å². The lowest BCUT2D eigenvalue weighted by atomic mass is 10.1. The van der Waals surface area contributed by atoms with Crippen LogP contribution >= 0.6 is 0 Å². The monoisotopic (exact) mass is 245 g/mol. The topological polar surface area (TPSA) is 62.5 Å². The third-order valence-electron chi connectivity index (χ3n) is 2.76. The molecule has 4 nitrogen and oxygen atoms in total. The molecule has 0 radical (unpaired) electrons. The van der Waals surface area contributed by atoms with Crippen LogP contribution in [0.2, 0.25) is 0 Å². The Morgan fingerprint density at radius 2 is 2.06 bits per heavy atom. The van der Waals surface area contributed by atoms with Crippen LogP contribution < -0.4 is 5.32 Å². The lowest BCUT2D eigenvalue weighted by molar-refractivity contribution is 0.0887. The molecule has 4 heteroatoms. The molecular weight excluding hydrogens is 230 g/mol. The number of aliphatic hydroxyl groups is 1. The Bertz CT molecular complexity index is 519. The highest BCUT2D eigenvalue weighted by molar-refractivity contribution is 5.93. The lowest BCUT2D eigenvalue weighted by Crippen LogP contribution is -2.30. The molecule has 0 unspecified atom stereocenters. The third-order valence-corrected chi connectivity index (χ3v) is 2.76. The van der Waals surface area contributed by atoms with Crippen molar-refractivity contribution in [3.63, 3.8) is 0 Å². The van der Waals surface area contributed by atoms with Crippen LogP contribution in [0.25, 0.3) is 0 Å². The second-order valence-electron chi connectivity index (χ2n) is 4.05. The number of hydrogen-bond acceptors (Lipinski definition) is 3. The van der Waals surface area contributed by atoms with Gasteiger partial charge in [0.15, 0.2) is 5.76 Å². The molecule has 0 fully saturated rings. The highest BCUT2D eigenvalue weighted by atomic mass is 16.3. The maximum atomic E-state index is 12.0. The molecule has 0 aliphatic rings. The molecule has 94 valence electrons. The quantitative estimate of drug-likeness (QED) is 0.866. The fourth-order valence-electron chi connectivity index (χ4n) is 1.75. The smallest absolute Gasteiger partial charge is 0.287 e. The molecule has 1 heterocycles. The molecular formula is C14H15NO3. The highest BCUT2D eigenvalue weighted by Crippen LogP contribution is 2.14. The van der Waals surface area contributed by atoms with E-state index in [1.54, 1.807) is 13.0 Å². The minimum absolute atomic E-state index is 0.157. The first-order chi connectivity index (χ1) is 8.72. The van der Waals surface area contributed by atoms with E-state index in [9.17, 15) is 9.90 Å². The van der Waals surface area contributed by atoms with Crippen molar-refractivity contribution in [2.24, 2.45) is 0 Å². The van der Waals surface area contributed by atoms with E-state index in [-0.39, 0.29) is 18.3 Å². The second kappa shape index (κ2) is 5.51. The Hall–Kier alpha value is -2.07. The van der Waals surface area contributed by atoms with Gasteiger partial charge in [-0.3, -0.25) is 4.79 Å². The van der Waals surface area contributed by atoms with E-state index in [1.165, 1.54) is 6.26 Å². The summed E-state index contributed by atoms with van der Waals surface area (Å²) >= 11 is 0. The van der Waals surface area contributed by atoms with Crippen LogP contribution in [-0.4, -0.2) is 17.6 Å². The van der Waals surface area contributed by atoms with Crippen molar-refractivity contribution in [2.45, 2.75) is 13.0 Å². The molecule has 1 aromatic carbocycles. The normalized spacial score (nSPS) is 12.1. The van der Waals surface area contributed by atoms with Gasteiger partial charge in [0, 0.05) is 5.56 Å². The van der Waals surface area contributed by atoms with E-state index in [4.69, 9.17) is 4.42 Å². The molecule has 0 spiro atoms. The van der Waals surface area contributed by atoms with E-state index in [0.29, 0.717) is 0 Å². The number of amides is 1. The van der Waals surface area contributed by atoms with E-state index in [0.717, 1.165) is 11.1 Å². The Labute approximate surface area is 105 Å². The second-order valence-corrected chi connectivity index (χ2v) is 4.05. The zero-order valence-electron chi connectivity index (χ0n) is 10.1. The van der Waals surface area contributed by atoms with E-state index < -0.39 is 6.04 Å². The summed E-state index contributed by atoms with van der Waals surface area (Å²) in [7, 11) is 0. The molecule has 18 heavy (non-hydrogen) atoms. The number of hydrogen-bond donors (Lipinski definition) is 2. The number of benzene rings is 1. The van der Waals surface area contributed by atoms with Crippen molar-refractivity contribution in [2.75, 3.05) is 6.61 Å². The molecule has 2 rings (SSSR count). The van der Waals surface area contributed by atoms with E-state index in [2.05, 4.69) is 5.32 Å². The number of aliphatic hydroxyl groups excluding tert-OH is 1. The fraction of sp³-hybridized carbons (Fsp3) is 0.214. The van der Waals surface area contributed by atoms with Gasteiger partial charge in [-0.1, -0.05) is 30.3 Å². The first kappa shape index (κ1) is 12.4. The number of furan rings is 1. The van der Waals surface area contributed by atoms with Crippen LogP contribution in [0.5, 0.6) is 0 Å². The molecule has 0 bridgehead atoms. The number of rotatable bonds is 4. The van der Waals surface area contributed by atoms with Crippen molar-refractivity contribution in [1.29, 1.82) is 0 Å². The van der Waals surface area contributed by atoms with Gasteiger partial charge in [-0.05, 0) is 18.6 Å². The molecule has 0 aliphatic heterocycles. The lowest BCUT2D eigenvalue weighted by Gasteiger charge is -2.16. The minimum Gasteiger partial charge on any atom is -0.459 e. The standard InChI is InChI=1S/C14H15NO3/c1-10-7-8-18-13(10)14(17)15-12(9-16)11-5-3-2-4-6-11/h2-8,12,16H,9H2,1H3,(H,15,17)/t12-/m1/s1. The van der Waals surface area contributed by atoms with Gasteiger partial charge < -0.3 is 14.8 Å². The van der Waals surface area contributed by atoms with Gasteiger partial charge in [0.1, 0.15) is 0 Å². The zero-order chi connectivity index (χ0) is 13.0. The average Bonchev–Trinajstić information content (AvgIpc) is 2.83. The van der Waals surface area contributed by atoms with Gasteiger partial charge in [-0.25, -0.2) is 0 Å². The Balaban J connectivity index is 2.13. The fourth-order valence-corrected chi connectivity index (χ4v) is 1.75. The summed E-state index contributed by atoms with van der Waals surface area (Å²) in [5, 5.41) is 12.1. The molecule has 0 aliphatic carbocycles. The molecule has 1 amide bonds. The zero-order valence-corrected chi connectivity index (χ0v) is 10.1. The summed E-state index contributed by atoms with van der Waals surface area (Å²) in [6, 6.07) is 10.6. The number of aryl methyl sites for hydroxylation is 1. The molecule has 0 saturated heterocycles. The third kappa shape index (κ3) is 2.60. The van der Waals surface area contributed by atoms with Crippen LogP contribution in [0.4, 0.5) is 0 Å². The maximum Gasteiger partial charge on any atom is 0.287 e. The Kier molecular flexibility index (Phi) is 3.79. The SMILES string of the molecule is Cc1ccoc1C(=O)N[C@H](CO)c1ccccc1. The molecule has 1 atom stereocenters. The van der Waals surface area contributed by atoms with Crippen LogP contribution in [0.15, 0.2) is 47.1 Å². The van der Waals surface area contributed by atoms with Gasteiger partial charge in [0.25, 0.3) is 5.91 Å². The predicted molar refractivity (Wildman–Crippen MR) is 67.2 cm³/mol. The summed E-state index contributed by atoms with van der Waals surface area (Å²) in [4.78, 5) is 12.0. The van der Waals surface area contributed by atoms with E-state index >= 15 is 0 Å². The first-order valence-corrected chi connectivity index (χ1v) is 5.73. The predicted octanol–water partition coefficient (Wildman–Crippen LogP) is 2.05. The van der Waals surface area contributed by atoms with Crippen molar-refractivity contribution >= 4 is 5.91 Å². The summed E-state index contributed by atoms with van der Waals surface area (Å²) in [5.74, 6) is -0.0372. The summed E-state index contributed by atoms with van der Waals surface area (Å²) in [6.45, 7) is 1.64. The number of carbonyl (C=O) groups is 1. The minimum atomic E-state index is -0.428. The van der Waals surface area contributed by atoms with Crippen molar-refractivity contribution < 1.29 is 14.3 Å². The highest BCUT2D eigenvalue weighted by Gasteiger charge is 2.18. The maximum absolute atomic E-state index is 12.0. The summed E-state index contributed by atoms with van der Waals surface area (Å²) in [5.41, 5.74) is 1.63. The van der Waals surface area contributed by atoms with Crippen molar-refractivity contribution in [3.8, 4) is 0 Å². The van der Waals surface area contributed by atoms with Gasteiger partial charge >= 0.3 is 0 Å². The molecule has 0 saturated carbocycles. The largest absolute Gasteiger partial charge is 0.459 e. The summed E-state index contributed by atoms with van der Waals surface area (Å²) in [6.07, 6.45) is 1.47. The van der Waals surface area contributed by atoms with E-state index in [1.807, 2.05) is 30.3 Å². The first-order valence-electron chi connectivity index (χ1n) is 5.73. The van der Waals surface area contributed by atoms with Crippen LogP contribution in [0.3, 0.4) is 0 Å². The Morgan fingerprint density at radius 1 is 1.33 bits per heavy atom. The van der Waals surface area contributed by atoms with Gasteiger partial charge in [0.05, 0.1) is 18.9 Å². The van der Waals surface area contributed by atoms with Crippen LogP contribution in [-0.2, 0) is 0 Å². The Morgan fingerprint density at radius 3 is 2.61 bits per heavy atom. The number of carbonyl (C=O) groups excluding carboxylic acids is 1. The number of nitrogens with one attached hydrogen (secondary N) is 1. The van der Waals surface area contributed by atoms with Crippen molar-refractivity contribution in [3.05, 3.63) is 59.5 Å². The molecule has 2 aromatic rings. The molecule has 2 N–H and O–H groups in total. The van der Waals surface area contributed by atoms with Gasteiger partial charge in [-0.2, -0.15) is 0 Å². The van der Waals surface area contributed by atoms with Gasteiger partial charge in [-0.15, -0.1) is 0 Å².